The summed E-state index contributed by atoms with van der Waals surface area (Å²) < 4.78 is 6.18. The summed E-state index contributed by atoms with van der Waals surface area (Å²) >= 11 is 0. The molecule has 3 rings (SSSR count). The third kappa shape index (κ3) is 5.00. The van der Waals surface area contributed by atoms with Crippen molar-refractivity contribution in [2.24, 2.45) is 0 Å². The predicted molar refractivity (Wildman–Crippen MR) is 98.7 cm³/mol. The van der Waals surface area contributed by atoms with Gasteiger partial charge in [-0.25, -0.2) is 0 Å². The number of nitro groups is 1. The first-order valence-electron chi connectivity index (χ1n) is 8.57. The zero-order valence-electron chi connectivity index (χ0n) is 15.4. The van der Waals surface area contributed by atoms with E-state index in [1.54, 1.807) is 19.1 Å². The van der Waals surface area contributed by atoms with Crippen molar-refractivity contribution in [2.75, 3.05) is 13.1 Å². The molecule has 12 heteroatoms. The fourth-order valence-corrected chi connectivity index (χ4v) is 2.41. The molecule has 0 bridgehead atoms. The molecule has 1 aromatic carbocycles. The number of aryl methyl sites for hydroxylation is 1. The maximum Gasteiger partial charge on any atom is 0.390 e. The van der Waals surface area contributed by atoms with Crippen molar-refractivity contribution in [1.29, 1.82) is 0 Å². The lowest BCUT2D eigenvalue weighted by Gasteiger charge is -2.05. The maximum absolute atomic E-state index is 12.0. The third-order valence-electron chi connectivity index (χ3n) is 3.83. The Kier molecular flexibility index (Phi) is 5.92. The Bertz CT molecular complexity index is 1030. The standard InChI is InChI=1S/C17H17N7O5/c1-11-9-13(24(27)28)21-23(11)10-14(25)18-7-8-19-16(26)17-20-15(22-29-17)12-5-3-2-4-6-12/h2-6,9H,7-8,10H2,1H3,(H,18,25)(H,19,26). The molecule has 2 amide bonds. The molecule has 0 saturated carbocycles. The zero-order chi connectivity index (χ0) is 20.8. The van der Waals surface area contributed by atoms with E-state index < -0.39 is 16.7 Å². The van der Waals surface area contributed by atoms with Crippen LogP contribution >= 0.6 is 0 Å². The summed E-state index contributed by atoms with van der Waals surface area (Å²) in [5.74, 6) is -1.17. The molecule has 2 aromatic heterocycles. The minimum atomic E-state index is -0.627. The number of hydrogen-bond donors (Lipinski definition) is 2. The molecule has 2 heterocycles. The van der Waals surface area contributed by atoms with Crippen molar-refractivity contribution in [3.63, 3.8) is 0 Å². The van der Waals surface area contributed by atoms with Gasteiger partial charge < -0.3 is 25.3 Å². The second kappa shape index (κ2) is 8.73. The van der Waals surface area contributed by atoms with Crippen LogP contribution in [0.15, 0.2) is 40.9 Å². The van der Waals surface area contributed by atoms with Gasteiger partial charge in [0.05, 0.1) is 16.9 Å². The average molecular weight is 399 g/mol. The Morgan fingerprint density at radius 2 is 1.93 bits per heavy atom. The van der Waals surface area contributed by atoms with E-state index in [0.29, 0.717) is 11.5 Å². The summed E-state index contributed by atoms with van der Waals surface area (Å²) in [4.78, 5) is 38.1. The largest absolute Gasteiger partial charge is 0.390 e. The molecule has 0 aliphatic rings. The molecule has 2 N–H and O–H groups in total. The summed E-state index contributed by atoms with van der Waals surface area (Å²) in [7, 11) is 0. The van der Waals surface area contributed by atoms with E-state index in [9.17, 15) is 19.7 Å². The number of carbonyl (C=O) groups excluding carboxylic acids is 2. The van der Waals surface area contributed by atoms with Crippen molar-refractivity contribution in [1.82, 2.24) is 30.6 Å². The monoisotopic (exact) mass is 399 g/mol. The van der Waals surface area contributed by atoms with Gasteiger partial charge in [0.15, 0.2) is 0 Å². The van der Waals surface area contributed by atoms with Crippen LogP contribution in [0.2, 0.25) is 0 Å². The lowest BCUT2D eigenvalue weighted by molar-refractivity contribution is -0.389. The first-order valence-corrected chi connectivity index (χ1v) is 8.57. The zero-order valence-corrected chi connectivity index (χ0v) is 15.4. The van der Waals surface area contributed by atoms with Gasteiger partial charge >= 0.3 is 17.6 Å². The molecule has 0 saturated heterocycles. The molecule has 0 unspecified atom stereocenters. The number of nitrogens with zero attached hydrogens (tertiary/aromatic N) is 5. The Morgan fingerprint density at radius 1 is 1.21 bits per heavy atom. The number of carbonyl (C=O) groups is 2. The first kappa shape index (κ1) is 19.7. The molecule has 0 aliphatic carbocycles. The Morgan fingerprint density at radius 3 is 2.62 bits per heavy atom. The first-order chi connectivity index (χ1) is 13.9. The molecule has 0 radical (unpaired) electrons. The van der Waals surface area contributed by atoms with Crippen molar-refractivity contribution in [2.45, 2.75) is 13.5 Å². The van der Waals surface area contributed by atoms with Crippen molar-refractivity contribution in [3.05, 3.63) is 58.1 Å². The van der Waals surface area contributed by atoms with Gasteiger partial charge in [0.1, 0.15) is 6.54 Å². The van der Waals surface area contributed by atoms with Gasteiger partial charge in [0.25, 0.3) is 0 Å². The fourth-order valence-electron chi connectivity index (χ4n) is 2.41. The molecule has 3 aromatic rings. The van der Waals surface area contributed by atoms with Gasteiger partial charge in [-0.15, -0.1) is 0 Å². The van der Waals surface area contributed by atoms with E-state index in [-0.39, 0.29) is 31.3 Å². The molecule has 0 atom stereocenters. The second-order valence-corrected chi connectivity index (χ2v) is 5.95. The fraction of sp³-hybridized carbons (Fsp3) is 0.235. The molecular weight excluding hydrogens is 382 g/mol. The number of rotatable bonds is 8. The second-order valence-electron chi connectivity index (χ2n) is 5.95. The van der Waals surface area contributed by atoms with Crippen molar-refractivity contribution in [3.8, 4) is 11.4 Å². The lowest BCUT2D eigenvalue weighted by atomic mass is 10.2. The molecule has 0 spiro atoms. The summed E-state index contributed by atoms with van der Waals surface area (Å²) in [5.41, 5.74) is 1.21. The van der Waals surface area contributed by atoms with E-state index >= 15 is 0 Å². The van der Waals surface area contributed by atoms with Crippen LogP contribution in [0.4, 0.5) is 5.82 Å². The van der Waals surface area contributed by atoms with Gasteiger partial charge in [-0.3, -0.25) is 9.59 Å². The molecule has 12 nitrogen and oxygen atoms in total. The van der Waals surface area contributed by atoms with Crippen LogP contribution < -0.4 is 10.6 Å². The smallest absolute Gasteiger partial charge is 0.358 e. The third-order valence-corrected chi connectivity index (χ3v) is 3.83. The number of nitrogens with one attached hydrogen (secondary N) is 2. The SMILES string of the molecule is Cc1cc([N+](=O)[O-])nn1CC(=O)NCCNC(=O)c1nc(-c2ccccc2)no1. The normalized spacial score (nSPS) is 10.5. The molecule has 29 heavy (non-hydrogen) atoms. The summed E-state index contributed by atoms with van der Waals surface area (Å²) in [5, 5.41) is 23.3. The van der Waals surface area contributed by atoms with Crippen molar-refractivity contribution < 1.29 is 19.0 Å². The van der Waals surface area contributed by atoms with Crippen molar-refractivity contribution >= 4 is 17.6 Å². The topological polar surface area (TPSA) is 158 Å². The number of benzene rings is 1. The van der Waals surface area contributed by atoms with Crippen LogP contribution in [-0.2, 0) is 11.3 Å². The van der Waals surface area contributed by atoms with Crippen LogP contribution in [0.3, 0.4) is 0 Å². The van der Waals surface area contributed by atoms with E-state index in [1.807, 2.05) is 18.2 Å². The van der Waals surface area contributed by atoms with E-state index in [0.717, 1.165) is 5.56 Å². The molecular formula is C17H17N7O5. The van der Waals surface area contributed by atoms with Crippen LogP contribution in [-0.4, -0.2) is 49.7 Å². The Balaban J connectivity index is 1.43. The number of amides is 2. The summed E-state index contributed by atoms with van der Waals surface area (Å²) in [6.45, 7) is 1.72. The highest BCUT2D eigenvalue weighted by atomic mass is 16.6. The summed E-state index contributed by atoms with van der Waals surface area (Å²) in [6, 6.07) is 10.3. The van der Waals surface area contributed by atoms with Crippen LogP contribution in [0.25, 0.3) is 11.4 Å². The van der Waals surface area contributed by atoms with E-state index in [2.05, 4.69) is 25.9 Å². The maximum atomic E-state index is 12.0. The lowest BCUT2D eigenvalue weighted by Crippen LogP contribution is -2.36. The van der Waals surface area contributed by atoms with Gasteiger partial charge in [0.2, 0.25) is 11.7 Å². The Hall–Kier alpha value is -4.09. The minimum absolute atomic E-state index is 0.131. The number of hydrogen-bond acceptors (Lipinski definition) is 8. The molecule has 0 aliphatic heterocycles. The van der Waals surface area contributed by atoms with Crippen LogP contribution in [0.5, 0.6) is 0 Å². The minimum Gasteiger partial charge on any atom is -0.358 e. The molecule has 0 fully saturated rings. The van der Waals surface area contributed by atoms with E-state index in [4.69, 9.17) is 4.52 Å². The quantitative estimate of drug-likeness (QED) is 0.318. The Labute approximate surface area is 164 Å². The highest BCUT2D eigenvalue weighted by Gasteiger charge is 2.18. The predicted octanol–water partition coefficient (Wildman–Crippen LogP) is 0.696. The van der Waals surface area contributed by atoms with Gasteiger partial charge in [-0.05, 0) is 11.8 Å². The number of aromatic nitrogens is 4. The highest BCUT2D eigenvalue weighted by molar-refractivity contribution is 5.89. The molecule has 150 valence electrons. The van der Waals surface area contributed by atoms with Gasteiger partial charge in [-0.1, -0.05) is 35.5 Å². The highest BCUT2D eigenvalue weighted by Crippen LogP contribution is 2.14. The van der Waals surface area contributed by atoms with Crippen LogP contribution in [0.1, 0.15) is 16.4 Å². The van der Waals surface area contributed by atoms with Gasteiger partial charge in [0, 0.05) is 18.7 Å². The van der Waals surface area contributed by atoms with Crippen LogP contribution in [0, 0.1) is 17.0 Å². The summed E-state index contributed by atoms with van der Waals surface area (Å²) in [6.07, 6.45) is 0. The van der Waals surface area contributed by atoms with Gasteiger partial charge in [-0.2, -0.15) is 9.67 Å². The average Bonchev–Trinajstić information content (AvgIpc) is 3.33. The van der Waals surface area contributed by atoms with E-state index in [1.165, 1.54) is 10.7 Å².